The molecule has 0 atom stereocenters. The number of aliphatic hydroxyl groups is 1. The van der Waals surface area contributed by atoms with E-state index in [0.717, 1.165) is 22.0 Å². The van der Waals surface area contributed by atoms with E-state index < -0.39 is 5.60 Å². The summed E-state index contributed by atoms with van der Waals surface area (Å²) in [6, 6.07) is 8.91. The number of rotatable bonds is 5. The normalized spacial score (nSPS) is 11.8. The van der Waals surface area contributed by atoms with Crippen molar-refractivity contribution in [2.45, 2.75) is 26.4 Å². The molecule has 30 heavy (non-hydrogen) atoms. The lowest BCUT2D eigenvalue weighted by Gasteiger charge is -2.19. The number of nitrogens with zero attached hydrogens (tertiary/aromatic N) is 5. The zero-order valence-corrected chi connectivity index (χ0v) is 17.5. The number of hydrogen-bond donors (Lipinski definition) is 3. The molecule has 4 rings (SSSR count). The third-order valence-electron chi connectivity index (χ3n) is 4.62. The van der Waals surface area contributed by atoms with E-state index in [9.17, 15) is 10.2 Å². The molecule has 0 saturated carbocycles. The topological polar surface area (TPSA) is 109 Å². The highest BCUT2D eigenvalue weighted by Crippen LogP contribution is 2.39. The lowest BCUT2D eigenvalue weighted by Crippen LogP contribution is -2.29. The van der Waals surface area contributed by atoms with E-state index in [4.69, 9.17) is 11.6 Å². The number of halogens is 1. The molecular weight excluding hydrogens is 404 g/mol. The van der Waals surface area contributed by atoms with Crippen LogP contribution < -0.4 is 5.32 Å². The fourth-order valence-corrected chi connectivity index (χ4v) is 3.53. The lowest BCUT2D eigenvalue weighted by molar-refractivity contribution is 0.0944. The first-order chi connectivity index (χ1) is 14.2. The van der Waals surface area contributed by atoms with Gasteiger partial charge in [0, 0.05) is 27.9 Å². The molecule has 2 aromatic heterocycles. The Morgan fingerprint density at radius 1 is 1.07 bits per heavy atom. The lowest BCUT2D eigenvalue weighted by atomic mass is 9.99. The second-order valence-corrected chi connectivity index (χ2v) is 8.16. The van der Waals surface area contributed by atoms with E-state index in [2.05, 4.69) is 25.7 Å². The monoisotopic (exact) mass is 424 g/mol. The van der Waals surface area contributed by atoms with Gasteiger partial charge in [-0.1, -0.05) is 11.6 Å². The molecule has 2 heterocycles. The number of aromatic nitrogens is 5. The summed E-state index contributed by atoms with van der Waals surface area (Å²) in [7, 11) is 0. The summed E-state index contributed by atoms with van der Waals surface area (Å²) in [5.41, 5.74) is 1.69. The van der Waals surface area contributed by atoms with Gasteiger partial charge in [0.2, 0.25) is 0 Å². The summed E-state index contributed by atoms with van der Waals surface area (Å²) in [6.45, 7) is 5.55. The van der Waals surface area contributed by atoms with Gasteiger partial charge in [0.25, 0.3) is 0 Å². The number of phenolic OH excluding ortho intramolecular Hbond substituents is 1. The zero-order valence-electron chi connectivity index (χ0n) is 16.8. The molecular formula is C21H21ClN6O2. The smallest absolute Gasteiger partial charge is 0.156 e. The van der Waals surface area contributed by atoms with Crippen molar-refractivity contribution < 1.29 is 10.2 Å². The van der Waals surface area contributed by atoms with Crippen LogP contribution in [0.25, 0.3) is 27.7 Å². The minimum atomic E-state index is -0.932. The van der Waals surface area contributed by atoms with Crippen LogP contribution in [0.5, 0.6) is 5.75 Å². The van der Waals surface area contributed by atoms with Crippen LogP contribution in [0.2, 0.25) is 5.02 Å². The van der Waals surface area contributed by atoms with Crippen LogP contribution in [0.3, 0.4) is 0 Å². The molecule has 0 radical (unpaired) electrons. The van der Waals surface area contributed by atoms with Gasteiger partial charge in [-0.2, -0.15) is 15.0 Å². The van der Waals surface area contributed by atoms with Crippen molar-refractivity contribution in [1.82, 2.24) is 25.2 Å². The molecule has 2 aromatic carbocycles. The molecule has 0 aliphatic heterocycles. The Kier molecular flexibility index (Phi) is 5.05. The highest BCUT2D eigenvalue weighted by atomic mass is 35.5. The largest absolute Gasteiger partial charge is 0.507 e. The molecule has 0 amide bonds. The third kappa shape index (κ3) is 3.92. The Balaban J connectivity index is 1.94. The van der Waals surface area contributed by atoms with Gasteiger partial charge in [0.15, 0.2) is 5.82 Å². The van der Waals surface area contributed by atoms with Gasteiger partial charge in [-0.3, -0.25) is 0 Å². The highest BCUT2D eigenvalue weighted by Gasteiger charge is 2.19. The molecule has 0 bridgehead atoms. The standard InChI is InChI=1S/C21H21ClN6O2/c1-12-8-13(22)9-17(29)18(12)19-15-5-4-14(28-24-6-7-25-28)10-16(15)20(27-26-19)23-11-21(2,3)30/h4-10,29-30H,11H2,1-3H3,(H,23,27). The fourth-order valence-electron chi connectivity index (χ4n) is 3.26. The average molecular weight is 425 g/mol. The van der Waals surface area contributed by atoms with Crippen LogP contribution >= 0.6 is 11.6 Å². The number of fused-ring (bicyclic) bond motifs is 1. The molecule has 0 aliphatic carbocycles. The average Bonchev–Trinajstić information content (AvgIpc) is 3.20. The Bertz CT molecular complexity index is 1200. The van der Waals surface area contributed by atoms with Crippen molar-refractivity contribution in [1.29, 1.82) is 0 Å². The molecule has 4 aromatic rings. The summed E-state index contributed by atoms with van der Waals surface area (Å²) >= 11 is 6.07. The maximum Gasteiger partial charge on any atom is 0.156 e. The molecule has 0 saturated heterocycles. The van der Waals surface area contributed by atoms with Crippen LogP contribution in [0, 0.1) is 6.92 Å². The Hall–Kier alpha value is -3.23. The molecule has 9 heteroatoms. The first-order valence-electron chi connectivity index (χ1n) is 9.36. The van der Waals surface area contributed by atoms with E-state index in [1.807, 2.05) is 25.1 Å². The van der Waals surface area contributed by atoms with Crippen LogP contribution in [0.4, 0.5) is 5.82 Å². The van der Waals surface area contributed by atoms with Gasteiger partial charge >= 0.3 is 0 Å². The zero-order chi connectivity index (χ0) is 21.5. The number of benzene rings is 2. The minimum absolute atomic E-state index is 0.0330. The second kappa shape index (κ2) is 7.55. The molecule has 8 nitrogen and oxygen atoms in total. The minimum Gasteiger partial charge on any atom is -0.507 e. The van der Waals surface area contributed by atoms with Crippen molar-refractivity contribution in [2.75, 3.05) is 11.9 Å². The third-order valence-corrected chi connectivity index (χ3v) is 4.84. The summed E-state index contributed by atoms with van der Waals surface area (Å²) in [6.07, 6.45) is 3.20. The Morgan fingerprint density at radius 3 is 2.47 bits per heavy atom. The Labute approximate surface area is 178 Å². The molecule has 0 unspecified atom stereocenters. The van der Waals surface area contributed by atoms with E-state index in [-0.39, 0.29) is 12.3 Å². The number of phenols is 1. The van der Waals surface area contributed by atoms with E-state index in [1.165, 1.54) is 10.9 Å². The van der Waals surface area contributed by atoms with E-state index >= 15 is 0 Å². The van der Waals surface area contributed by atoms with Crippen LogP contribution in [-0.4, -0.2) is 47.6 Å². The van der Waals surface area contributed by atoms with Crippen molar-refractivity contribution >= 4 is 28.2 Å². The van der Waals surface area contributed by atoms with Crippen LogP contribution in [0.1, 0.15) is 19.4 Å². The van der Waals surface area contributed by atoms with Gasteiger partial charge in [-0.15, -0.1) is 10.2 Å². The van der Waals surface area contributed by atoms with Crippen LogP contribution in [0.15, 0.2) is 42.7 Å². The number of aromatic hydroxyl groups is 1. The molecule has 0 fully saturated rings. The predicted molar refractivity (Wildman–Crippen MR) is 116 cm³/mol. The number of nitrogens with one attached hydrogen (secondary N) is 1. The van der Waals surface area contributed by atoms with Gasteiger partial charge < -0.3 is 15.5 Å². The maximum absolute atomic E-state index is 10.5. The summed E-state index contributed by atoms with van der Waals surface area (Å²) < 4.78 is 0. The molecule has 154 valence electrons. The summed E-state index contributed by atoms with van der Waals surface area (Å²) in [4.78, 5) is 1.50. The first-order valence-corrected chi connectivity index (χ1v) is 9.73. The van der Waals surface area contributed by atoms with E-state index in [0.29, 0.717) is 22.1 Å². The van der Waals surface area contributed by atoms with Gasteiger partial charge in [-0.05, 0) is 56.7 Å². The maximum atomic E-state index is 10.5. The van der Waals surface area contributed by atoms with Gasteiger partial charge in [0.05, 0.1) is 23.7 Å². The van der Waals surface area contributed by atoms with Gasteiger partial charge in [0.1, 0.15) is 11.4 Å². The Morgan fingerprint density at radius 2 is 1.80 bits per heavy atom. The predicted octanol–water partition coefficient (Wildman–Crippen LogP) is 3.73. The number of anilines is 1. The fraction of sp³-hybridized carbons (Fsp3) is 0.238. The summed E-state index contributed by atoms with van der Waals surface area (Å²) in [5, 5.41) is 42.9. The molecule has 0 aliphatic rings. The van der Waals surface area contributed by atoms with Crippen LogP contribution in [-0.2, 0) is 0 Å². The van der Waals surface area contributed by atoms with Crippen molar-refractivity contribution in [3.63, 3.8) is 0 Å². The molecule has 0 spiro atoms. The number of aryl methyl sites for hydroxylation is 1. The van der Waals surface area contributed by atoms with Crippen molar-refractivity contribution in [3.05, 3.63) is 53.3 Å². The van der Waals surface area contributed by atoms with Gasteiger partial charge in [-0.25, -0.2) is 0 Å². The second-order valence-electron chi connectivity index (χ2n) is 7.73. The number of hydrogen-bond acceptors (Lipinski definition) is 7. The first kappa shape index (κ1) is 20.1. The molecule has 3 N–H and O–H groups in total. The SMILES string of the molecule is Cc1cc(Cl)cc(O)c1-c1nnc(NCC(C)(C)O)c2cc(-n3nccn3)ccc12. The van der Waals surface area contributed by atoms with Crippen molar-refractivity contribution in [3.8, 4) is 22.7 Å². The highest BCUT2D eigenvalue weighted by molar-refractivity contribution is 6.31. The summed E-state index contributed by atoms with van der Waals surface area (Å²) in [5.74, 6) is 0.543. The van der Waals surface area contributed by atoms with Crippen molar-refractivity contribution in [2.24, 2.45) is 0 Å². The quantitative estimate of drug-likeness (QED) is 0.447. The van der Waals surface area contributed by atoms with E-state index in [1.54, 1.807) is 32.3 Å².